The molecule has 1 amide bonds. The number of piperazine rings is 1. The van der Waals surface area contributed by atoms with Crippen molar-refractivity contribution < 1.29 is 9.32 Å². The average molecular weight is 353 g/mol. The minimum Gasteiger partial charge on any atom is -0.361 e. The van der Waals surface area contributed by atoms with E-state index in [9.17, 15) is 4.79 Å². The van der Waals surface area contributed by atoms with E-state index in [0.29, 0.717) is 37.6 Å². The van der Waals surface area contributed by atoms with Gasteiger partial charge in [0.25, 0.3) is 5.91 Å². The third-order valence-electron chi connectivity index (χ3n) is 4.33. The number of aryl methyl sites for hydroxylation is 2. The van der Waals surface area contributed by atoms with Crippen LogP contribution in [0.25, 0.3) is 5.82 Å². The number of rotatable bonds is 3. The van der Waals surface area contributed by atoms with Crippen molar-refractivity contribution in [1.82, 2.24) is 29.8 Å². The first kappa shape index (κ1) is 16.2. The lowest BCUT2D eigenvalue weighted by Crippen LogP contribution is -2.49. The Morgan fingerprint density at radius 1 is 1.08 bits per heavy atom. The summed E-state index contributed by atoms with van der Waals surface area (Å²) in [5.41, 5.74) is 1.29. The highest BCUT2D eigenvalue weighted by Gasteiger charge is 2.25. The van der Waals surface area contributed by atoms with Gasteiger partial charge in [-0.05, 0) is 19.9 Å². The molecule has 0 atom stereocenters. The van der Waals surface area contributed by atoms with Gasteiger partial charge < -0.3 is 14.3 Å². The van der Waals surface area contributed by atoms with Crippen molar-refractivity contribution in [2.24, 2.45) is 0 Å². The Kier molecular flexibility index (Phi) is 4.11. The number of amides is 1. The summed E-state index contributed by atoms with van der Waals surface area (Å²) >= 11 is 0. The van der Waals surface area contributed by atoms with Crippen LogP contribution < -0.4 is 4.90 Å². The van der Waals surface area contributed by atoms with Crippen LogP contribution >= 0.6 is 0 Å². The molecule has 3 aromatic heterocycles. The van der Waals surface area contributed by atoms with Crippen LogP contribution in [0.4, 0.5) is 5.82 Å². The zero-order chi connectivity index (χ0) is 18.1. The second-order valence-corrected chi connectivity index (χ2v) is 6.24. The smallest absolute Gasteiger partial charge is 0.276 e. The summed E-state index contributed by atoms with van der Waals surface area (Å²) in [5, 5.41) is 8.18. The Balaban J connectivity index is 1.44. The highest BCUT2D eigenvalue weighted by Crippen LogP contribution is 2.17. The van der Waals surface area contributed by atoms with Crippen LogP contribution in [-0.4, -0.2) is 61.9 Å². The van der Waals surface area contributed by atoms with Crippen molar-refractivity contribution in [1.29, 1.82) is 0 Å². The maximum absolute atomic E-state index is 12.4. The first-order valence-electron chi connectivity index (χ1n) is 8.42. The Labute approximate surface area is 150 Å². The minimum absolute atomic E-state index is 0.100. The Morgan fingerprint density at radius 2 is 1.85 bits per heavy atom. The molecule has 9 nitrogen and oxygen atoms in total. The summed E-state index contributed by atoms with van der Waals surface area (Å²) in [4.78, 5) is 25.0. The normalized spacial score (nSPS) is 14.7. The van der Waals surface area contributed by atoms with Gasteiger partial charge in [0.2, 0.25) is 0 Å². The average Bonchev–Trinajstić information content (AvgIpc) is 3.30. The highest BCUT2D eigenvalue weighted by atomic mass is 16.5. The van der Waals surface area contributed by atoms with Gasteiger partial charge in [0.15, 0.2) is 11.5 Å². The molecule has 26 heavy (non-hydrogen) atoms. The lowest BCUT2D eigenvalue weighted by molar-refractivity contribution is 0.0736. The first-order chi connectivity index (χ1) is 12.6. The van der Waals surface area contributed by atoms with Gasteiger partial charge in [0, 0.05) is 44.5 Å². The number of carbonyl (C=O) groups excluding carboxylic acids is 1. The Hall–Kier alpha value is -3.23. The molecule has 0 aliphatic carbocycles. The lowest BCUT2D eigenvalue weighted by Gasteiger charge is -2.35. The first-order valence-corrected chi connectivity index (χ1v) is 8.42. The molecule has 9 heteroatoms. The molecule has 1 aliphatic rings. The molecule has 4 rings (SSSR count). The van der Waals surface area contributed by atoms with E-state index in [4.69, 9.17) is 4.52 Å². The fraction of sp³-hybridized carbons (Fsp3) is 0.353. The molecule has 0 N–H and O–H groups in total. The highest BCUT2D eigenvalue weighted by molar-refractivity contribution is 5.92. The number of aromatic nitrogens is 5. The quantitative estimate of drug-likeness (QED) is 0.699. The molecule has 0 aromatic carbocycles. The number of carbonyl (C=O) groups is 1. The molecule has 134 valence electrons. The van der Waals surface area contributed by atoms with Gasteiger partial charge in [0.05, 0.1) is 5.69 Å². The number of hydrogen-bond acceptors (Lipinski definition) is 7. The van der Waals surface area contributed by atoms with Crippen LogP contribution in [0.1, 0.15) is 21.9 Å². The summed E-state index contributed by atoms with van der Waals surface area (Å²) < 4.78 is 6.72. The monoisotopic (exact) mass is 353 g/mol. The van der Waals surface area contributed by atoms with Gasteiger partial charge in [-0.25, -0.2) is 14.6 Å². The van der Waals surface area contributed by atoms with E-state index in [2.05, 4.69) is 25.1 Å². The zero-order valence-corrected chi connectivity index (χ0v) is 14.7. The molecule has 3 aromatic rings. The van der Waals surface area contributed by atoms with Gasteiger partial charge in [-0.3, -0.25) is 4.79 Å². The van der Waals surface area contributed by atoms with Gasteiger partial charge in [-0.1, -0.05) is 5.16 Å². The molecule has 0 unspecified atom stereocenters. The van der Waals surface area contributed by atoms with E-state index in [0.717, 1.165) is 17.3 Å². The maximum atomic E-state index is 12.4. The summed E-state index contributed by atoms with van der Waals surface area (Å²) in [7, 11) is 0. The van der Waals surface area contributed by atoms with E-state index < -0.39 is 0 Å². The molecule has 1 fully saturated rings. The van der Waals surface area contributed by atoms with E-state index in [1.54, 1.807) is 22.6 Å². The van der Waals surface area contributed by atoms with Crippen LogP contribution in [0.3, 0.4) is 0 Å². The molecule has 0 saturated carbocycles. The maximum Gasteiger partial charge on any atom is 0.276 e. The topological polar surface area (TPSA) is 93.2 Å². The fourth-order valence-electron chi connectivity index (χ4n) is 2.95. The molecule has 4 heterocycles. The summed E-state index contributed by atoms with van der Waals surface area (Å²) in [6, 6.07) is 5.50. The van der Waals surface area contributed by atoms with Crippen molar-refractivity contribution >= 4 is 11.7 Å². The number of hydrogen-bond donors (Lipinski definition) is 0. The van der Waals surface area contributed by atoms with Crippen molar-refractivity contribution in [2.75, 3.05) is 31.1 Å². The Bertz CT molecular complexity index is 925. The zero-order valence-electron chi connectivity index (χ0n) is 14.7. The third-order valence-corrected chi connectivity index (χ3v) is 4.33. The van der Waals surface area contributed by atoms with E-state index in [1.165, 1.54) is 6.33 Å². The van der Waals surface area contributed by atoms with Crippen molar-refractivity contribution in [3.8, 4) is 5.82 Å². The molecular formula is C17H19N7O2. The largest absolute Gasteiger partial charge is 0.361 e. The van der Waals surface area contributed by atoms with Crippen LogP contribution in [0.15, 0.2) is 35.2 Å². The summed E-state index contributed by atoms with van der Waals surface area (Å²) in [6.45, 7) is 6.30. The molecular weight excluding hydrogens is 334 g/mol. The summed E-state index contributed by atoms with van der Waals surface area (Å²) in [5.74, 6) is 2.08. The van der Waals surface area contributed by atoms with Crippen molar-refractivity contribution in [3.05, 3.63) is 47.9 Å². The SMILES string of the molecule is Cc1ccn(-c2cc(N3CCN(C(=O)c4cc(C)on4)CC3)ncn2)n1. The number of nitrogens with zero attached hydrogens (tertiary/aromatic N) is 7. The number of anilines is 1. The second kappa shape index (κ2) is 6.58. The molecule has 0 bridgehead atoms. The van der Waals surface area contributed by atoms with Gasteiger partial charge in [-0.15, -0.1) is 0 Å². The van der Waals surface area contributed by atoms with Crippen molar-refractivity contribution in [2.45, 2.75) is 13.8 Å². The molecule has 1 saturated heterocycles. The predicted octanol–water partition coefficient (Wildman–Crippen LogP) is 1.23. The Morgan fingerprint density at radius 3 is 2.50 bits per heavy atom. The van der Waals surface area contributed by atoms with E-state index >= 15 is 0 Å². The lowest BCUT2D eigenvalue weighted by atomic mass is 10.2. The minimum atomic E-state index is -0.100. The molecule has 0 radical (unpaired) electrons. The van der Waals surface area contributed by atoms with Crippen LogP contribution in [0, 0.1) is 13.8 Å². The van der Waals surface area contributed by atoms with Crippen LogP contribution in [0.2, 0.25) is 0 Å². The fourth-order valence-corrected chi connectivity index (χ4v) is 2.95. The molecule has 0 spiro atoms. The van der Waals surface area contributed by atoms with Crippen molar-refractivity contribution in [3.63, 3.8) is 0 Å². The predicted molar refractivity (Wildman–Crippen MR) is 93.2 cm³/mol. The van der Waals surface area contributed by atoms with Gasteiger partial charge >= 0.3 is 0 Å². The second-order valence-electron chi connectivity index (χ2n) is 6.24. The summed E-state index contributed by atoms with van der Waals surface area (Å²) in [6.07, 6.45) is 3.41. The van der Waals surface area contributed by atoms with Gasteiger partial charge in [0.1, 0.15) is 17.9 Å². The third kappa shape index (κ3) is 3.15. The van der Waals surface area contributed by atoms with E-state index in [1.807, 2.05) is 25.3 Å². The van der Waals surface area contributed by atoms with E-state index in [-0.39, 0.29) is 5.91 Å². The van der Waals surface area contributed by atoms with Crippen LogP contribution in [0.5, 0.6) is 0 Å². The van der Waals surface area contributed by atoms with Gasteiger partial charge in [-0.2, -0.15) is 5.10 Å². The molecule has 1 aliphatic heterocycles. The van der Waals surface area contributed by atoms with Crippen LogP contribution in [-0.2, 0) is 0 Å². The standard InChI is InChI=1S/C17H19N7O2/c1-12-3-4-24(20-12)16-10-15(18-11-19-16)22-5-7-23(8-6-22)17(25)14-9-13(2)26-21-14/h3-4,9-11H,5-8H2,1-2H3.